The number of benzene rings is 2. The van der Waals surface area contributed by atoms with Crippen molar-refractivity contribution in [3.63, 3.8) is 0 Å². The number of hydrogen-bond acceptors (Lipinski definition) is 1. The number of alkyl halides is 1. The van der Waals surface area contributed by atoms with E-state index in [0.717, 1.165) is 5.56 Å². The summed E-state index contributed by atoms with van der Waals surface area (Å²) in [7, 11) is 0. The fourth-order valence-corrected chi connectivity index (χ4v) is 2.39. The third kappa shape index (κ3) is 4.05. The van der Waals surface area contributed by atoms with Gasteiger partial charge >= 0.3 is 0 Å². The monoisotopic (exact) mass is 305 g/mol. The molecule has 0 aromatic heterocycles. The Kier molecular flexibility index (Phi) is 4.97. The van der Waals surface area contributed by atoms with Gasteiger partial charge in [-0.2, -0.15) is 0 Å². The summed E-state index contributed by atoms with van der Waals surface area (Å²) in [5.41, 5.74) is 0.929. The van der Waals surface area contributed by atoms with Gasteiger partial charge in [0.2, 0.25) is 5.91 Å². The van der Waals surface area contributed by atoms with Crippen LogP contribution in [-0.2, 0) is 16.8 Å². The van der Waals surface area contributed by atoms with Gasteiger partial charge in [0.05, 0.1) is 12.0 Å². The lowest BCUT2D eigenvalue weighted by atomic mass is 9.93. The summed E-state index contributed by atoms with van der Waals surface area (Å²) in [6.07, 6.45) is 0.122. The molecule has 0 radical (unpaired) electrons. The Hall–Kier alpha value is -1.87. The maximum Gasteiger partial charge on any atom is 0.225 e. The second kappa shape index (κ2) is 6.72. The summed E-state index contributed by atoms with van der Waals surface area (Å²) in [6.45, 7) is 1.87. The third-order valence-corrected chi connectivity index (χ3v) is 3.88. The van der Waals surface area contributed by atoms with Crippen molar-refractivity contribution < 1.29 is 9.18 Å². The quantitative estimate of drug-likeness (QED) is 0.840. The zero-order chi connectivity index (χ0) is 15.3. The molecule has 0 aliphatic rings. The van der Waals surface area contributed by atoms with Crippen molar-refractivity contribution in [3.8, 4) is 0 Å². The van der Waals surface area contributed by atoms with E-state index in [-0.39, 0.29) is 24.0 Å². The lowest BCUT2D eigenvalue weighted by Gasteiger charge is -2.29. The van der Waals surface area contributed by atoms with Crippen LogP contribution in [0.15, 0.2) is 54.6 Å². The Morgan fingerprint density at radius 1 is 1.19 bits per heavy atom. The summed E-state index contributed by atoms with van der Waals surface area (Å²) in [5.74, 6) is -0.276. The van der Waals surface area contributed by atoms with Gasteiger partial charge < -0.3 is 5.32 Å². The highest BCUT2D eigenvalue weighted by Gasteiger charge is 2.27. The van der Waals surface area contributed by atoms with E-state index >= 15 is 0 Å². The van der Waals surface area contributed by atoms with Gasteiger partial charge in [-0.3, -0.25) is 4.79 Å². The molecular weight excluding hydrogens is 289 g/mol. The van der Waals surface area contributed by atoms with Gasteiger partial charge in [0, 0.05) is 5.88 Å². The summed E-state index contributed by atoms with van der Waals surface area (Å²) >= 11 is 6.04. The SMILES string of the molecule is CC(CCl)(NC(=O)Cc1cccc(F)c1)c1ccccc1. The number of amides is 1. The maximum absolute atomic E-state index is 13.1. The molecule has 1 atom stereocenters. The molecule has 1 unspecified atom stereocenters. The first-order valence-electron chi connectivity index (χ1n) is 6.70. The van der Waals surface area contributed by atoms with E-state index in [4.69, 9.17) is 11.6 Å². The van der Waals surface area contributed by atoms with Crippen LogP contribution in [-0.4, -0.2) is 11.8 Å². The second-order valence-corrected chi connectivity index (χ2v) is 5.45. The molecule has 2 aromatic carbocycles. The van der Waals surface area contributed by atoms with Crippen LogP contribution in [0.25, 0.3) is 0 Å². The predicted octanol–water partition coefficient (Wildman–Crippen LogP) is 3.64. The van der Waals surface area contributed by atoms with Crippen LogP contribution < -0.4 is 5.32 Å². The molecule has 2 aromatic rings. The molecule has 0 aliphatic heterocycles. The smallest absolute Gasteiger partial charge is 0.225 e. The number of nitrogens with one attached hydrogen (secondary N) is 1. The van der Waals surface area contributed by atoms with E-state index in [1.54, 1.807) is 12.1 Å². The molecule has 1 N–H and O–H groups in total. The minimum Gasteiger partial charge on any atom is -0.345 e. The fraction of sp³-hybridized carbons (Fsp3) is 0.235. The molecule has 0 spiro atoms. The van der Waals surface area contributed by atoms with Crippen LogP contribution in [0.4, 0.5) is 4.39 Å². The highest BCUT2D eigenvalue weighted by Crippen LogP contribution is 2.22. The van der Waals surface area contributed by atoms with Gasteiger partial charge in [-0.25, -0.2) is 4.39 Å². The molecule has 0 aliphatic carbocycles. The normalized spacial score (nSPS) is 13.5. The van der Waals surface area contributed by atoms with Crippen LogP contribution >= 0.6 is 11.6 Å². The van der Waals surface area contributed by atoms with Crippen molar-refractivity contribution in [1.29, 1.82) is 0 Å². The first kappa shape index (κ1) is 15.5. The molecule has 0 fully saturated rings. The van der Waals surface area contributed by atoms with Crippen molar-refractivity contribution in [3.05, 3.63) is 71.5 Å². The van der Waals surface area contributed by atoms with Gasteiger partial charge in [-0.1, -0.05) is 42.5 Å². The molecule has 0 saturated carbocycles. The summed E-state index contributed by atoms with van der Waals surface area (Å²) in [6, 6.07) is 15.6. The maximum atomic E-state index is 13.1. The molecule has 0 saturated heterocycles. The molecule has 0 heterocycles. The number of carbonyl (C=O) groups excluding carboxylic acids is 1. The van der Waals surface area contributed by atoms with E-state index in [9.17, 15) is 9.18 Å². The number of halogens is 2. The van der Waals surface area contributed by atoms with Gasteiger partial charge in [0.15, 0.2) is 0 Å². The molecule has 2 nitrogen and oxygen atoms in total. The molecule has 0 bridgehead atoms. The summed E-state index contributed by atoms with van der Waals surface area (Å²) < 4.78 is 13.1. The number of carbonyl (C=O) groups is 1. The minimum absolute atomic E-state index is 0.122. The van der Waals surface area contributed by atoms with Crippen LogP contribution in [0.2, 0.25) is 0 Å². The van der Waals surface area contributed by atoms with Gasteiger partial charge in [0.25, 0.3) is 0 Å². The van der Waals surface area contributed by atoms with Gasteiger partial charge in [-0.15, -0.1) is 11.6 Å². The molecule has 4 heteroatoms. The van der Waals surface area contributed by atoms with Crippen LogP contribution in [0.3, 0.4) is 0 Å². The fourth-order valence-electron chi connectivity index (χ4n) is 2.17. The average molecular weight is 306 g/mol. The van der Waals surface area contributed by atoms with Crippen LogP contribution in [0.1, 0.15) is 18.1 Å². The first-order valence-corrected chi connectivity index (χ1v) is 7.24. The summed E-state index contributed by atoms with van der Waals surface area (Å²) in [4.78, 5) is 12.2. The van der Waals surface area contributed by atoms with Crippen molar-refractivity contribution >= 4 is 17.5 Å². The van der Waals surface area contributed by atoms with E-state index in [1.165, 1.54) is 12.1 Å². The van der Waals surface area contributed by atoms with Crippen molar-refractivity contribution in [2.45, 2.75) is 18.9 Å². The Morgan fingerprint density at radius 2 is 1.90 bits per heavy atom. The third-order valence-electron chi connectivity index (χ3n) is 3.35. The van der Waals surface area contributed by atoms with Crippen LogP contribution in [0.5, 0.6) is 0 Å². The standard InChI is InChI=1S/C17H17ClFNO/c1-17(12-18,14-7-3-2-4-8-14)20-16(21)11-13-6-5-9-15(19)10-13/h2-10H,11-12H2,1H3,(H,20,21). The predicted molar refractivity (Wildman–Crippen MR) is 82.8 cm³/mol. The highest BCUT2D eigenvalue weighted by atomic mass is 35.5. The van der Waals surface area contributed by atoms with Gasteiger partial charge in [-0.05, 0) is 30.2 Å². The van der Waals surface area contributed by atoms with Crippen LogP contribution in [0, 0.1) is 5.82 Å². The average Bonchev–Trinajstić information content (AvgIpc) is 2.48. The van der Waals surface area contributed by atoms with Crippen molar-refractivity contribution in [2.24, 2.45) is 0 Å². The summed E-state index contributed by atoms with van der Waals surface area (Å²) in [5, 5.41) is 2.93. The van der Waals surface area contributed by atoms with E-state index in [1.807, 2.05) is 37.3 Å². The topological polar surface area (TPSA) is 29.1 Å². The van der Waals surface area contributed by atoms with E-state index in [0.29, 0.717) is 5.56 Å². The first-order chi connectivity index (χ1) is 10.0. The zero-order valence-corrected chi connectivity index (χ0v) is 12.5. The Morgan fingerprint density at radius 3 is 2.52 bits per heavy atom. The molecule has 2 rings (SSSR count). The second-order valence-electron chi connectivity index (χ2n) is 5.19. The Bertz CT molecular complexity index is 617. The van der Waals surface area contributed by atoms with Crippen molar-refractivity contribution in [1.82, 2.24) is 5.32 Å². The zero-order valence-electron chi connectivity index (χ0n) is 11.8. The lowest BCUT2D eigenvalue weighted by Crippen LogP contribution is -2.45. The Labute approximate surface area is 128 Å². The minimum atomic E-state index is -0.646. The highest BCUT2D eigenvalue weighted by molar-refractivity contribution is 6.18. The largest absolute Gasteiger partial charge is 0.345 e. The van der Waals surface area contributed by atoms with Crippen molar-refractivity contribution in [2.75, 3.05) is 5.88 Å². The molecule has 21 heavy (non-hydrogen) atoms. The molecular formula is C17H17ClFNO. The molecule has 1 amide bonds. The van der Waals surface area contributed by atoms with E-state index in [2.05, 4.69) is 5.32 Å². The number of rotatable bonds is 5. The Balaban J connectivity index is 2.10. The van der Waals surface area contributed by atoms with E-state index < -0.39 is 5.54 Å². The molecule has 110 valence electrons. The van der Waals surface area contributed by atoms with Gasteiger partial charge in [0.1, 0.15) is 5.82 Å². The number of hydrogen-bond donors (Lipinski definition) is 1. The lowest BCUT2D eigenvalue weighted by molar-refractivity contribution is -0.122.